The van der Waals surface area contributed by atoms with E-state index in [1.54, 1.807) is 35.2 Å². The van der Waals surface area contributed by atoms with Gasteiger partial charge in [-0.15, -0.1) is 0 Å². The Bertz CT molecular complexity index is 1260. The first-order valence-corrected chi connectivity index (χ1v) is 13.9. The van der Waals surface area contributed by atoms with Crippen molar-refractivity contribution < 1.29 is 27.9 Å². The third kappa shape index (κ3) is 9.72. The quantitative estimate of drug-likeness (QED) is 0.241. The molecule has 3 aromatic carbocycles. The molecule has 2 atom stereocenters. The second-order valence-corrected chi connectivity index (χ2v) is 10.0. The molecule has 0 spiro atoms. The number of aliphatic hydroxyl groups is 1. The van der Waals surface area contributed by atoms with Gasteiger partial charge in [-0.05, 0) is 54.7 Å². The van der Waals surface area contributed by atoms with Gasteiger partial charge in [0, 0.05) is 37.3 Å². The van der Waals surface area contributed by atoms with E-state index in [1.165, 1.54) is 6.07 Å². The van der Waals surface area contributed by atoms with Crippen molar-refractivity contribution in [2.45, 2.75) is 58.0 Å². The molecular formula is C32H38F3N3O3. The normalized spacial score (nSPS) is 12.9. The molecule has 41 heavy (non-hydrogen) atoms. The Morgan fingerprint density at radius 3 is 2.15 bits per heavy atom. The SMILES string of the molecule is CCCN(CCC)C(=O)c1cccc(C(=O)N[C@@H](Cc2ccccc2)[C@H](O)CNCc2cccc(C(F)(F)F)c2)c1. The zero-order valence-corrected chi connectivity index (χ0v) is 23.5. The first-order valence-electron chi connectivity index (χ1n) is 13.9. The summed E-state index contributed by atoms with van der Waals surface area (Å²) in [5.74, 6) is -0.571. The number of carbonyl (C=O) groups is 2. The lowest BCUT2D eigenvalue weighted by molar-refractivity contribution is -0.137. The van der Waals surface area contributed by atoms with E-state index in [0.29, 0.717) is 36.2 Å². The van der Waals surface area contributed by atoms with E-state index in [4.69, 9.17) is 0 Å². The number of rotatable bonds is 14. The Balaban J connectivity index is 1.71. The van der Waals surface area contributed by atoms with Crippen LogP contribution in [0.25, 0.3) is 0 Å². The second kappa shape index (κ2) is 15.3. The summed E-state index contributed by atoms with van der Waals surface area (Å²) in [5, 5.41) is 16.9. The third-order valence-corrected chi connectivity index (χ3v) is 6.66. The molecular weight excluding hydrogens is 531 g/mol. The molecule has 9 heteroatoms. The predicted molar refractivity (Wildman–Crippen MR) is 153 cm³/mol. The molecule has 0 saturated carbocycles. The smallest absolute Gasteiger partial charge is 0.390 e. The second-order valence-electron chi connectivity index (χ2n) is 10.0. The molecule has 220 valence electrons. The highest BCUT2D eigenvalue weighted by atomic mass is 19.4. The van der Waals surface area contributed by atoms with Crippen molar-refractivity contribution >= 4 is 11.8 Å². The lowest BCUT2D eigenvalue weighted by Gasteiger charge is -2.25. The number of alkyl halides is 3. The van der Waals surface area contributed by atoms with Crippen LogP contribution in [-0.2, 0) is 19.1 Å². The molecule has 3 rings (SSSR count). The number of aliphatic hydroxyl groups excluding tert-OH is 1. The maximum absolute atomic E-state index is 13.3. The molecule has 0 aliphatic heterocycles. The Morgan fingerprint density at radius 1 is 0.854 bits per heavy atom. The maximum Gasteiger partial charge on any atom is 0.416 e. The maximum atomic E-state index is 13.3. The van der Waals surface area contributed by atoms with Crippen molar-refractivity contribution in [3.63, 3.8) is 0 Å². The van der Waals surface area contributed by atoms with Crippen LogP contribution in [-0.4, -0.2) is 53.6 Å². The topological polar surface area (TPSA) is 81.7 Å². The fourth-order valence-electron chi connectivity index (χ4n) is 4.60. The minimum atomic E-state index is -4.44. The average molecular weight is 570 g/mol. The summed E-state index contributed by atoms with van der Waals surface area (Å²) in [5.41, 5.74) is 1.30. The minimum absolute atomic E-state index is 0.0372. The van der Waals surface area contributed by atoms with Crippen LogP contribution in [0, 0.1) is 0 Å². The Kier molecular flexibility index (Phi) is 11.9. The standard InChI is InChI=1S/C32H38F3N3O3/c1-3-16-38(17-4-2)31(41)26-14-9-13-25(20-26)30(40)37-28(19-23-10-6-5-7-11-23)29(39)22-36-21-24-12-8-15-27(18-24)32(33,34)35/h5-15,18,20,28-29,36,39H,3-4,16-17,19,21-22H2,1-2H3,(H,37,40)/t28-,29+/m0/s1. The highest BCUT2D eigenvalue weighted by Crippen LogP contribution is 2.29. The summed E-state index contributed by atoms with van der Waals surface area (Å²) in [6.07, 6.45) is -3.50. The van der Waals surface area contributed by atoms with E-state index in [1.807, 2.05) is 44.2 Å². The fourth-order valence-corrected chi connectivity index (χ4v) is 4.60. The zero-order chi connectivity index (χ0) is 29.8. The summed E-state index contributed by atoms with van der Waals surface area (Å²) in [4.78, 5) is 28.1. The Hall–Kier alpha value is -3.69. The lowest BCUT2D eigenvalue weighted by Crippen LogP contribution is -2.48. The van der Waals surface area contributed by atoms with Gasteiger partial charge < -0.3 is 20.6 Å². The van der Waals surface area contributed by atoms with E-state index in [-0.39, 0.29) is 19.0 Å². The van der Waals surface area contributed by atoms with Gasteiger partial charge in [0.05, 0.1) is 17.7 Å². The molecule has 0 radical (unpaired) electrons. The number of nitrogens with zero attached hydrogens (tertiary/aromatic N) is 1. The van der Waals surface area contributed by atoms with Crippen LogP contribution < -0.4 is 10.6 Å². The van der Waals surface area contributed by atoms with E-state index in [0.717, 1.165) is 30.5 Å². The van der Waals surface area contributed by atoms with Gasteiger partial charge in [0.1, 0.15) is 0 Å². The van der Waals surface area contributed by atoms with E-state index >= 15 is 0 Å². The van der Waals surface area contributed by atoms with Crippen molar-refractivity contribution in [1.29, 1.82) is 0 Å². The minimum Gasteiger partial charge on any atom is -0.390 e. The third-order valence-electron chi connectivity index (χ3n) is 6.66. The number of benzene rings is 3. The van der Waals surface area contributed by atoms with Gasteiger partial charge in [0.25, 0.3) is 11.8 Å². The van der Waals surface area contributed by atoms with Crippen LogP contribution >= 0.6 is 0 Å². The van der Waals surface area contributed by atoms with Gasteiger partial charge in [0.15, 0.2) is 0 Å². The highest BCUT2D eigenvalue weighted by molar-refractivity contribution is 5.99. The first kappa shape index (κ1) is 31.8. The Morgan fingerprint density at radius 2 is 1.49 bits per heavy atom. The Labute approximate surface area is 239 Å². The zero-order valence-electron chi connectivity index (χ0n) is 23.5. The molecule has 6 nitrogen and oxygen atoms in total. The summed E-state index contributed by atoms with van der Waals surface area (Å²) in [7, 11) is 0. The number of nitrogens with one attached hydrogen (secondary N) is 2. The van der Waals surface area contributed by atoms with Gasteiger partial charge in [-0.1, -0.05) is 68.4 Å². The molecule has 2 amide bonds. The largest absolute Gasteiger partial charge is 0.416 e. The highest BCUT2D eigenvalue weighted by Gasteiger charge is 2.30. The molecule has 0 saturated heterocycles. The molecule has 0 fully saturated rings. The van der Waals surface area contributed by atoms with Crippen molar-refractivity contribution in [1.82, 2.24) is 15.5 Å². The number of halogens is 3. The van der Waals surface area contributed by atoms with Crippen LogP contribution in [0.4, 0.5) is 13.2 Å². The van der Waals surface area contributed by atoms with Crippen LogP contribution in [0.5, 0.6) is 0 Å². The van der Waals surface area contributed by atoms with Crippen LogP contribution in [0.2, 0.25) is 0 Å². The van der Waals surface area contributed by atoms with Crippen molar-refractivity contribution in [2.75, 3.05) is 19.6 Å². The molecule has 0 unspecified atom stereocenters. The fraction of sp³-hybridized carbons (Fsp3) is 0.375. The molecule has 0 bridgehead atoms. The van der Waals surface area contributed by atoms with E-state index < -0.39 is 29.8 Å². The first-order chi connectivity index (χ1) is 19.6. The molecule has 3 aromatic rings. The molecule has 0 aliphatic rings. The molecule has 0 heterocycles. The van der Waals surface area contributed by atoms with Gasteiger partial charge in [-0.25, -0.2) is 0 Å². The number of amides is 2. The van der Waals surface area contributed by atoms with Crippen molar-refractivity contribution in [2.24, 2.45) is 0 Å². The van der Waals surface area contributed by atoms with Gasteiger partial charge >= 0.3 is 6.18 Å². The van der Waals surface area contributed by atoms with Crippen molar-refractivity contribution in [3.8, 4) is 0 Å². The number of carbonyl (C=O) groups excluding carboxylic acids is 2. The van der Waals surface area contributed by atoms with Crippen LogP contribution in [0.15, 0.2) is 78.9 Å². The molecule has 3 N–H and O–H groups in total. The predicted octanol–water partition coefficient (Wildman–Crippen LogP) is 5.46. The van der Waals surface area contributed by atoms with Crippen LogP contribution in [0.3, 0.4) is 0 Å². The lowest BCUT2D eigenvalue weighted by atomic mass is 10.00. The summed E-state index contributed by atoms with van der Waals surface area (Å²) >= 11 is 0. The van der Waals surface area contributed by atoms with Gasteiger partial charge in [-0.2, -0.15) is 13.2 Å². The summed E-state index contributed by atoms with van der Waals surface area (Å²) < 4.78 is 39.1. The monoisotopic (exact) mass is 569 g/mol. The van der Waals surface area contributed by atoms with Crippen molar-refractivity contribution in [3.05, 3.63) is 107 Å². The molecule has 0 aromatic heterocycles. The summed E-state index contributed by atoms with van der Waals surface area (Å²) in [6.45, 7) is 5.42. The van der Waals surface area contributed by atoms with E-state index in [9.17, 15) is 27.9 Å². The van der Waals surface area contributed by atoms with Gasteiger partial charge in [0.2, 0.25) is 0 Å². The number of hydrogen-bond acceptors (Lipinski definition) is 4. The summed E-state index contributed by atoms with van der Waals surface area (Å²) in [6, 6.07) is 20.2. The molecule has 0 aliphatic carbocycles. The van der Waals surface area contributed by atoms with Gasteiger partial charge in [-0.3, -0.25) is 9.59 Å². The number of hydrogen-bond donors (Lipinski definition) is 3. The van der Waals surface area contributed by atoms with Crippen LogP contribution in [0.1, 0.15) is 64.1 Å². The van der Waals surface area contributed by atoms with E-state index in [2.05, 4.69) is 10.6 Å². The average Bonchev–Trinajstić information content (AvgIpc) is 2.96.